The van der Waals surface area contributed by atoms with E-state index in [9.17, 15) is 9.90 Å². The molecule has 0 radical (unpaired) electrons. The fourth-order valence-electron chi connectivity index (χ4n) is 4.49. The van der Waals surface area contributed by atoms with Crippen LogP contribution in [0.25, 0.3) is 0 Å². The zero-order valence-electron chi connectivity index (χ0n) is 16.5. The Bertz CT molecular complexity index is 829. The number of amides is 1. The Balaban J connectivity index is 1.42. The third kappa shape index (κ3) is 4.17. The number of para-hydroxylation sites is 1. The molecule has 1 atom stereocenters. The Hall–Kier alpha value is -2.08. The molecule has 5 nitrogen and oxygen atoms in total. The van der Waals surface area contributed by atoms with Crippen molar-refractivity contribution < 1.29 is 9.90 Å². The lowest BCUT2D eigenvalue weighted by molar-refractivity contribution is -0.118. The first-order valence-electron chi connectivity index (χ1n) is 10.5. The third-order valence-corrected chi connectivity index (χ3v) is 7.08. The smallest absolute Gasteiger partial charge is 0.232 e. The maximum absolute atomic E-state index is 12.9. The van der Waals surface area contributed by atoms with Crippen LogP contribution in [0.5, 0.6) is 5.88 Å². The highest BCUT2D eigenvalue weighted by Gasteiger charge is 2.25. The van der Waals surface area contributed by atoms with Gasteiger partial charge in [0.1, 0.15) is 0 Å². The summed E-state index contributed by atoms with van der Waals surface area (Å²) in [5, 5.41) is 14.5. The zero-order valence-corrected chi connectivity index (χ0v) is 17.3. The van der Waals surface area contributed by atoms with Gasteiger partial charge in [0.05, 0.1) is 11.3 Å². The molecule has 1 fully saturated rings. The first kappa shape index (κ1) is 19.2. The van der Waals surface area contributed by atoms with E-state index >= 15 is 0 Å². The van der Waals surface area contributed by atoms with Gasteiger partial charge < -0.3 is 15.3 Å². The summed E-state index contributed by atoms with van der Waals surface area (Å²) < 4.78 is 0. The highest BCUT2D eigenvalue weighted by Crippen LogP contribution is 2.34. The number of thiazole rings is 1. The van der Waals surface area contributed by atoms with Crippen molar-refractivity contribution in [1.82, 2.24) is 4.98 Å². The molecule has 1 aromatic carbocycles. The summed E-state index contributed by atoms with van der Waals surface area (Å²) in [6.45, 7) is 2.93. The number of carbonyl (C=O) groups excluding carboxylic acids is 1. The number of hydrogen-bond acceptors (Lipinski definition) is 5. The average molecular weight is 400 g/mol. The van der Waals surface area contributed by atoms with Crippen molar-refractivity contribution in [3.05, 3.63) is 34.7 Å². The van der Waals surface area contributed by atoms with E-state index in [1.54, 1.807) is 0 Å². The maximum Gasteiger partial charge on any atom is 0.232 e. The highest BCUT2D eigenvalue weighted by atomic mass is 32.1. The summed E-state index contributed by atoms with van der Waals surface area (Å²) >= 11 is 1.41. The van der Waals surface area contributed by atoms with Crippen LogP contribution in [-0.4, -0.2) is 28.6 Å². The van der Waals surface area contributed by atoms with Crippen LogP contribution >= 0.6 is 11.3 Å². The van der Waals surface area contributed by atoms with Crippen molar-refractivity contribution in [2.75, 3.05) is 16.8 Å². The van der Waals surface area contributed by atoms with E-state index in [4.69, 9.17) is 0 Å². The van der Waals surface area contributed by atoms with Gasteiger partial charge in [0.15, 0.2) is 5.13 Å². The first-order chi connectivity index (χ1) is 13.6. The van der Waals surface area contributed by atoms with Crippen LogP contribution in [0.3, 0.4) is 0 Å². The van der Waals surface area contributed by atoms with Crippen molar-refractivity contribution in [3.8, 4) is 5.88 Å². The molecule has 1 aliphatic heterocycles. The van der Waals surface area contributed by atoms with Crippen LogP contribution in [0.1, 0.15) is 55.9 Å². The topological polar surface area (TPSA) is 65.5 Å². The number of aryl methyl sites for hydroxylation is 1. The molecule has 2 aromatic rings. The summed E-state index contributed by atoms with van der Waals surface area (Å²) in [7, 11) is 0. The monoisotopic (exact) mass is 399 g/mol. The second-order valence-electron chi connectivity index (χ2n) is 8.05. The number of fused-ring (bicyclic) bond motifs is 1. The van der Waals surface area contributed by atoms with Crippen molar-refractivity contribution in [1.29, 1.82) is 0 Å². The Morgan fingerprint density at radius 1 is 1.29 bits per heavy atom. The molecule has 2 heterocycles. The van der Waals surface area contributed by atoms with Crippen molar-refractivity contribution >= 4 is 28.1 Å². The van der Waals surface area contributed by atoms with Gasteiger partial charge in [0, 0.05) is 18.3 Å². The predicted octanol–water partition coefficient (Wildman–Crippen LogP) is 4.75. The number of benzene rings is 1. The molecule has 2 aliphatic rings. The van der Waals surface area contributed by atoms with Crippen LogP contribution in [0.15, 0.2) is 24.3 Å². The molecule has 0 spiro atoms. The fraction of sp³-hybridized carbons (Fsp3) is 0.545. The molecule has 2 N–H and O–H groups in total. The Labute approximate surface area is 170 Å². The molecule has 150 valence electrons. The maximum atomic E-state index is 12.9. The molecule has 28 heavy (non-hydrogen) atoms. The average Bonchev–Trinajstić information content (AvgIpc) is 3.06. The van der Waals surface area contributed by atoms with Gasteiger partial charge in [-0.1, -0.05) is 48.8 Å². The molecule has 0 bridgehead atoms. The van der Waals surface area contributed by atoms with Gasteiger partial charge in [-0.25, -0.2) is 0 Å². The minimum absolute atomic E-state index is 0.0120. The van der Waals surface area contributed by atoms with Gasteiger partial charge in [-0.15, -0.1) is 0 Å². The number of hydrogen-bond donors (Lipinski definition) is 2. The second-order valence-corrected chi connectivity index (χ2v) is 9.13. The molecule has 1 saturated carbocycles. The molecule has 0 saturated heterocycles. The summed E-state index contributed by atoms with van der Waals surface area (Å²) in [5.41, 5.74) is 2.23. The van der Waals surface area contributed by atoms with Gasteiger partial charge >= 0.3 is 0 Å². The predicted molar refractivity (Wildman–Crippen MR) is 114 cm³/mol. The highest BCUT2D eigenvalue weighted by molar-refractivity contribution is 7.16. The Morgan fingerprint density at radius 3 is 2.89 bits per heavy atom. The Morgan fingerprint density at radius 2 is 2.07 bits per heavy atom. The number of anilines is 2. The molecular weight excluding hydrogens is 370 g/mol. The van der Waals surface area contributed by atoms with Crippen LogP contribution in [-0.2, 0) is 17.6 Å². The molecule has 6 heteroatoms. The SMILES string of the molecule is C[C@@H](Nc1nc(O)c(CC(=O)N2CCCc3ccccc32)s1)C1CCCCC1. The first-order valence-corrected chi connectivity index (χ1v) is 11.3. The van der Waals surface area contributed by atoms with Gasteiger partial charge in [0.25, 0.3) is 0 Å². The number of nitrogens with one attached hydrogen (secondary N) is 1. The lowest BCUT2D eigenvalue weighted by atomic mass is 9.85. The van der Waals surface area contributed by atoms with Crippen LogP contribution in [0.4, 0.5) is 10.8 Å². The summed E-state index contributed by atoms with van der Waals surface area (Å²) in [6, 6.07) is 8.44. The van der Waals surface area contributed by atoms with E-state index in [0.29, 0.717) is 16.8 Å². The summed E-state index contributed by atoms with van der Waals surface area (Å²) in [6.07, 6.45) is 8.64. The zero-order chi connectivity index (χ0) is 19.5. The van der Waals surface area contributed by atoms with Crippen LogP contribution in [0.2, 0.25) is 0 Å². The van der Waals surface area contributed by atoms with Crippen molar-refractivity contribution in [3.63, 3.8) is 0 Å². The Kier molecular flexibility index (Phi) is 5.85. The minimum atomic E-state index is -0.0120. The van der Waals surface area contributed by atoms with E-state index in [1.165, 1.54) is 49.0 Å². The molecule has 0 unspecified atom stereocenters. The number of rotatable bonds is 5. The second kappa shape index (κ2) is 8.52. The summed E-state index contributed by atoms with van der Waals surface area (Å²) in [4.78, 5) is 19.7. The van der Waals surface area contributed by atoms with E-state index in [0.717, 1.165) is 30.2 Å². The fourth-order valence-corrected chi connectivity index (χ4v) is 5.44. The number of aromatic nitrogens is 1. The largest absolute Gasteiger partial charge is 0.492 e. The number of nitrogens with zero attached hydrogens (tertiary/aromatic N) is 2. The normalized spacial score (nSPS) is 18.5. The molecule has 1 aliphatic carbocycles. The van der Waals surface area contributed by atoms with E-state index < -0.39 is 0 Å². The van der Waals surface area contributed by atoms with Gasteiger partial charge in [0.2, 0.25) is 11.8 Å². The third-order valence-electron chi connectivity index (χ3n) is 6.11. The van der Waals surface area contributed by atoms with E-state index in [1.807, 2.05) is 23.1 Å². The van der Waals surface area contributed by atoms with Crippen molar-refractivity contribution in [2.45, 2.75) is 64.3 Å². The van der Waals surface area contributed by atoms with Crippen molar-refractivity contribution in [2.24, 2.45) is 5.92 Å². The van der Waals surface area contributed by atoms with Gasteiger partial charge in [-0.3, -0.25) is 4.79 Å². The quantitative estimate of drug-likeness (QED) is 0.761. The van der Waals surface area contributed by atoms with Gasteiger partial charge in [-0.05, 0) is 50.2 Å². The number of aromatic hydroxyl groups is 1. The number of carbonyl (C=O) groups is 1. The minimum Gasteiger partial charge on any atom is -0.492 e. The molecule has 1 aromatic heterocycles. The lowest BCUT2D eigenvalue weighted by Gasteiger charge is -2.29. The molecule has 1 amide bonds. The van der Waals surface area contributed by atoms with Crippen LogP contribution < -0.4 is 10.2 Å². The lowest BCUT2D eigenvalue weighted by Crippen LogP contribution is -2.36. The standard InChI is InChI=1S/C22H29N3O2S/c1-15(16-8-3-2-4-9-16)23-22-24-21(27)19(28-22)14-20(26)25-13-7-11-17-10-5-6-12-18(17)25/h5-6,10,12,15-16,27H,2-4,7-9,11,13-14H2,1H3,(H,23,24)/t15-/m1/s1. The van der Waals surface area contributed by atoms with E-state index in [-0.39, 0.29) is 18.2 Å². The van der Waals surface area contributed by atoms with E-state index in [2.05, 4.69) is 23.3 Å². The van der Waals surface area contributed by atoms with Crippen LogP contribution in [0, 0.1) is 5.92 Å². The van der Waals surface area contributed by atoms with Gasteiger partial charge in [-0.2, -0.15) is 4.98 Å². The molecule has 4 rings (SSSR count). The summed E-state index contributed by atoms with van der Waals surface area (Å²) in [5.74, 6) is 0.676. The molecular formula is C22H29N3O2S.